The zero-order valence-electron chi connectivity index (χ0n) is 5.46. The highest BCUT2D eigenvalue weighted by molar-refractivity contribution is 5.94. The van der Waals surface area contributed by atoms with Crippen LogP contribution in [0.2, 0.25) is 0 Å². The highest BCUT2D eigenvalue weighted by atomic mass is 16.5. The standard InChI is InChI=1S/C6H7NO3/c1-9-6(8)4-2-10-3-5(4)7/h2-3H,7H2,1H3. The molecular formula is C6H7NO3. The van der Waals surface area contributed by atoms with Gasteiger partial charge in [0.05, 0.1) is 12.8 Å². The summed E-state index contributed by atoms with van der Waals surface area (Å²) in [7, 11) is 1.29. The fourth-order valence-electron chi connectivity index (χ4n) is 0.583. The lowest BCUT2D eigenvalue weighted by molar-refractivity contribution is 0.0601. The Balaban J connectivity index is 2.93. The quantitative estimate of drug-likeness (QED) is 0.583. The smallest absolute Gasteiger partial charge is 0.343 e. The summed E-state index contributed by atoms with van der Waals surface area (Å²) >= 11 is 0. The zero-order chi connectivity index (χ0) is 7.56. The van der Waals surface area contributed by atoms with Crippen molar-refractivity contribution >= 4 is 11.7 Å². The molecule has 0 aliphatic rings. The molecule has 0 spiro atoms. The number of esters is 1. The number of methoxy groups -OCH3 is 1. The van der Waals surface area contributed by atoms with E-state index in [1.807, 2.05) is 0 Å². The Hall–Kier alpha value is -1.45. The van der Waals surface area contributed by atoms with Crippen LogP contribution in [0.4, 0.5) is 5.69 Å². The second kappa shape index (κ2) is 2.43. The number of hydrogen-bond acceptors (Lipinski definition) is 4. The van der Waals surface area contributed by atoms with Crippen molar-refractivity contribution in [3.8, 4) is 0 Å². The topological polar surface area (TPSA) is 65.5 Å². The van der Waals surface area contributed by atoms with Crippen molar-refractivity contribution in [3.05, 3.63) is 18.1 Å². The number of ether oxygens (including phenoxy) is 1. The van der Waals surface area contributed by atoms with E-state index in [0.717, 1.165) is 0 Å². The number of carbonyl (C=O) groups excluding carboxylic acids is 1. The normalized spacial score (nSPS) is 9.30. The van der Waals surface area contributed by atoms with Crippen LogP contribution in [0.1, 0.15) is 10.4 Å². The molecular weight excluding hydrogens is 134 g/mol. The van der Waals surface area contributed by atoms with Gasteiger partial charge in [0.15, 0.2) is 0 Å². The predicted octanol–water partition coefficient (Wildman–Crippen LogP) is 0.648. The largest absolute Gasteiger partial charge is 0.469 e. The Morgan fingerprint density at radius 3 is 2.80 bits per heavy atom. The summed E-state index contributed by atoms with van der Waals surface area (Å²) in [5, 5.41) is 0. The number of nitrogen functional groups attached to an aromatic ring is 1. The van der Waals surface area contributed by atoms with E-state index in [1.54, 1.807) is 0 Å². The van der Waals surface area contributed by atoms with E-state index < -0.39 is 5.97 Å². The second-order valence-corrected chi connectivity index (χ2v) is 1.73. The molecule has 1 aromatic heterocycles. The first-order valence-corrected chi connectivity index (χ1v) is 2.65. The average molecular weight is 141 g/mol. The number of hydrogen-bond donors (Lipinski definition) is 1. The van der Waals surface area contributed by atoms with Crippen molar-refractivity contribution < 1.29 is 13.9 Å². The van der Waals surface area contributed by atoms with Crippen LogP contribution >= 0.6 is 0 Å². The molecule has 0 unspecified atom stereocenters. The van der Waals surface area contributed by atoms with E-state index >= 15 is 0 Å². The third-order valence-corrected chi connectivity index (χ3v) is 1.10. The number of furan rings is 1. The van der Waals surface area contributed by atoms with Crippen molar-refractivity contribution in [1.82, 2.24) is 0 Å². The molecule has 1 rings (SSSR count). The summed E-state index contributed by atoms with van der Waals surface area (Å²) in [6, 6.07) is 0. The molecule has 1 heterocycles. The molecule has 2 N–H and O–H groups in total. The fourth-order valence-corrected chi connectivity index (χ4v) is 0.583. The summed E-state index contributed by atoms with van der Waals surface area (Å²) < 4.78 is 9.04. The lowest BCUT2D eigenvalue weighted by atomic mass is 10.3. The van der Waals surface area contributed by atoms with Crippen molar-refractivity contribution in [2.75, 3.05) is 12.8 Å². The molecule has 1 aromatic rings. The molecule has 4 nitrogen and oxygen atoms in total. The molecule has 4 heteroatoms. The minimum absolute atomic E-state index is 0.266. The van der Waals surface area contributed by atoms with Crippen LogP contribution in [0, 0.1) is 0 Å². The van der Waals surface area contributed by atoms with E-state index in [-0.39, 0.29) is 5.56 Å². The van der Waals surface area contributed by atoms with Gasteiger partial charge in [-0.25, -0.2) is 4.79 Å². The summed E-state index contributed by atoms with van der Waals surface area (Å²) in [6.45, 7) is 0. The molecule has 10 heavy (non-hydrogen) atoms. The van der Waals surface area contributed by atoms with Gasteiger partial charge in [-0.1, -0.05) is 0 Å². The van der Waals surface area contributed by atoms with Crippen LogP contribution < -0.4 is 5.73 Å². The summed E-state index contributed by atoms with van der Waals surface area (Å²) in [5.41, 5.74) is 5.89. The molecule has 0 saturated carbocycles. The van der Waals surface area contributed by atoms with Gasteiger partial charge in [-0.05, 0) is 0 Å². The first-order chi connectivity index (χ1) is 4.75. The Morgan fingerprint density at radius 2 is 2.40 bits per heavy atom. The first kappa shape index (κ1) is 6.67. The van der Waals surface area contributed by atoms with Crippen LogP contribution in [0.3, 0.4) is 0 Å². The van der Waals surface area contributed by atoms with Gasteiger partial charge in [0.25, 0.3) is 0 Å². The molecule has 0 aromatic carbocycles. The molecule has 54 valence electrons. The Morgan fingerprint density at radius 1 is 1.70 bits per heavy atom. The molecule has 0 radical (unpaired) electrons. The Bertz CT molecular complexity index is 241. The van der Waals surface area contributed by atoms with Gasteiger partial charge in [-0.2, -0.15) is 0 Å². The average Bonchev–Trinajstić information content (AvgIpc) is 2.34. The third kappa shape index (κ3) is 0.953. The van der Waals surface area contributed by atoms with E-state index in [9.17, 15) is 4.79 Å². The van der Waals surface area contributed by atoms with E-state index in [1.165, 1.54) is 19.6 Å². The maximum Gasteiger partial charge on any atom is 0.343 e. The van der Waals surface area contributed by atoms with Crippen LogP contribution in [0.15, 0.2) is 16.9 Å². The van der Waals surface area contributed by atoms with Crippen LogP contribution in [-0.4, -0.2) is 13.1 Å². The van der Waals surface area contributed by atoms with E-state index in [2.05, 4.69) is 9.15 Å². The van der Waals surface area contributed by atoms with Crippen molar-refractivity contribution in [2.24, 2.45) is 0 Å². The highest BCUT2D eigenvalue weighted by Crippen LogP contribution is 2.12. The highest BCUT2D eigenvalue weighted by Gasteiger charge is 2.10. The number of carbonyl (C=O) groups is 1. The molecule has 0 bridgehead atoms. The molecule has 0 amide bonds. The van der Waals surface area contributed by atoms with Gasteiger partial charge in [0, 0.05) is 0 Å². The maximum atomic E-state index is 10.7. The number of anilines is 1. The fraction of sp³-hybridized carbons (Fsp3) is 0.167. The summed E-state index contributed by atoms with van der Waals surface area (Å²) in [5.74, 6) is -0.480. The third-order valence-electron chi connectivity index (χ3n) is 1.10. The molecule has 0 atom stereocenters. The summed E-state index contributed by atoms with van der Waals surface area (Å²) in [6.07, 6.45) is 2.54. The Kier molecular flexibility index (Phi) is 1.62. The van der Waals surface area contributed by atoms with Crippen LogP contribution in [-0.2, 0) is 4.74 Å². The van der Waals surface area contributed by atoms with Gasteiger partial charge in [0.1, 0.15) is 18.1 Å². The van der Waals surface area contributed by atoms with Crippen molar-refractivity contribution in [3.63, 3.8) is 0 Å². The number of nitrogens with two attached hydrogens (primary N) is 1. The lowest BCUT2D eigenvalue weighted by Crippen LogP contribution is -2.02. The predicted molar refractivity (Wildman–Crippen MR) is 34.5 cm³/mol. The number of rotatable bonds is 1. The molecule has 0 saturated heterocycles. The summed E-state index contributed by atoms with van der Waals surface area (Å²) in [4.78, 5) is 10.7. The lowest BCUT2D eigenvalue weighted by Gasteiger charge is -1.93. The van der Waals surface area contributed by atoms with Gasteiger partial charge in [-0.3, -0.25) is 0 Å². The van der Waals surface area contributed by atoms with Crippen molar-refractivity contribution in [1.29, 1.82) is 0 Å². The minimum Gasteiger partial charge on any atom is -0.469 e. The molecule has 0 fully saturated rings. The van der Waals surface area contributed by atoms with Gasteiger partial charge in [0.2, 0.25) is 0 Å². The second-order valence-electron chi connectivity index (χ2n) is 1.73. The first-order valence-electron chi connectivity index (χ1n) is 2.65. The maximum absolute atomic E-state index is 10.7. The van der Waals surface area contributed by atoms with Crippen molar-refractivity contribution in [2.45, 2.75) is 0 Å². The molecule has 0 aliphatic carbocycles. The van der Waals surface area contributed by atoms with Gasteiger partial charge < -0.3 is 14.9 Å². The minimum atomic E-state index is -0.480. The van der Waals surface area contributed by atoms with E-state index in [4.69, 9.17) is 5.73 Å². The zero-order valence-corrected chi connectivity index (χ0v) is 5.46. The van der Waals surface area contributed by atoms with E-state index in [0.29, 0.717) is 5.69 Å². The van der Waals surface area contributed by atoms with Gasteiger partial charge in [-0.15, -0.1) is 0 Å². The Labute approximate surface area is 57.6 Å². The monoisotopic (exact) mass is 141 g/mol. The van der Waals surface area contributed by atoms with Gasteiger partial charge >= 0.3 is 5.97 Å². The SMILES string of the molecule is COC(=O)c1cocc1N. The van der Waals surface area contributed by atoms with Crippen LogP contribution in [0.25, 0.3) is 0 Å². The molecule has 0 aliphatic heterocycles. The van der Waals surface area contributed by atoms with Crippen LogP contribution in [0.5, 0.6) is 0 Å².